The Morgan fingerprint density at radius 2 is 0.242 bits per heavy atom. The van der Waals surface area contributed by atoms with Crippen LogP contribution in [0.25, 0.3) is 67.0 Å². The van der Waals surface area contributed by atoms with Gasteiger partial charge in [0.2, 0.25) is 11.4 Å². The van der Waals surface area contributed by atoms with Crippen LogP contribution in [0.3, 0.4) is 0 Å². The molecule has 0 amide bonds. The SMILES string of the molecule is BrCc1cc(CBr)cc(C[n+]2ccc(-c3cc[n+](Cc4cc(C[n+]5ccc(-c6cc[n+](Cc7cc(CBr)cc(CBr)c7)cc6)cc5)cc(-[n+]5ccc(-c6cc[n+](-c7cc(C[n+]8ccc(-c9cc[n+](Cc%10cc(CBr)cc(CBr)c%10)cc9)cc8)cc(C[n+]8ccc(-c9cc[n+](Cc%10cc(CBr)cc(CBr)c%10)cc9)cc8)c7)cc6)cc5)c4)cc3)cc2)c1. The van der Waals surface area contributed by atoms with E-state index in [4.69, 9.17) is 0 Å². The Labute approximate surface area is 770 Å². The summed E-state index contributed by atoms with van der Waals surface area (Å²) in [5.74, 6) is 0. The minimum absolute atomic E-state index is 0.703. The van der Waals surface area contributed by atoms with E-state index in [1.165, 1.54) is 134 Å². The summed E-state index contributed by atoms with van der Waals surface area (Å²) in [5, 5.41) is 6.68. The molecule has 0 fully saturated rings. The third-order valence-electron chi connectivity index (χ3n) is 21.7. The summed E-state index contributed by atoms with van der Waals surface area (Å²) in [7, 11) is 0. The molecule has 0 unspecified atom stereocenters. The lowest BCUT2D eigenvalue weighted by Gasteiger charge is -2.07. The highest BCUT2D eigenvalue weighted by atomic mass is 79.9. The van der Waals surface area contributed by atoms with Crippen molar-refractivity contribution in [1.82, 2.24) is 0 Å². The first-order chi connectivity index (χ1) is 58.8. The molecular formula is C102H90Br8N10+10. The summed E-state index contributed by atoms with van der Waals surface area (Å²) < 4.78 is 22.6. The molecule has 10 aromatic heterocycles. The van der Waals surface area contributed by atoms with Gasteiger partial charge in [-0.1, -0.05) is 152 Å². The quantitative estimate of drug-likeness (QED) is 0.0307. The molecule has 0 bridgehead atoms. The monoisotopic (exact) mass is 2090 g/mol. The van der Waals surface area contributed by atoms with Gasteiger partial charge in [0.1, 0.15) is 0 Å². The first kappa shape index (κ1) is 84.3. The Balaban J connectivity index is 0.643. The molecule has 0 atom stereocenters. The first-order valence-corrected chi connectivity index (χ1v) is 49.0. The molecule has 0 saturated carbocycles. The maximum Gasteiger partial charge on any atom is 0.211 e. The Morgan fingerprint density at radius 1 is 0.133 bits per heavy atom. The molecule has 16 rings (SSSR count). The summed E-state index contributed by atoms with van der Waals surface area (Å²) >= 11 is 29.3. The lowest BCUT2D eigenvalue weighted by Crippen LogP contribution is -2.36. The van der Waals surface area contributed by atoms with Crippen LogP contribution in [0.4, 0.5) is 0 Å². The normalized spacial score (nSPS) is 11.4. The second kappa shape index (κ2) is 40.6. The van der Waals surface area contributed by atoms with Crippen molar-refractivity contribution in [2.75, 3.05) is 0 Å². The van der Waals surface area contributed by atoms with Crippen LogP contribution in [0.5, 0.6) is 0 Å². The molecule has 594 valence electrons. The molecule has 6 aromatic carbocycles. The zero-order valence-corrected chi connectivity index (χ0v) is 79.0. The minimum Gasteiger partial charge on any atom is -0.201 e. The van der Waals surface area contributed by atoms with E-state index in [-0.39, 0.29) is 0 Å². The second-order valence-corrected chi connectivity index (χ2v) is 35.3. The molecule has 0 aliphatic heterocycles. The predicted octanol–water partition coefficient (Wildman–Crippen LogP) is 20.4. The molecule has 10 heterocycles. The fourth-order valence-corrected chi connectivity index (χ4v) is 18.4. The Kier molecular flexibility index (Phi) is 28.5. The van der Waals surface area contributed by atoms with Gasteiger partial charge in [-0.25, -0.2) is 36.5 Å². The van der Waals surface area contributed by atoms with E-state index >= 15 is 0 Å². The van der Waals surface area contributed by atoms with Crippen molar-refractivity contribution >= 4 is 127 Å². The van der Waals surface area contributed by atoms with Crippen LogP contribution in [-0.4, -0.2) is 0 Å². The Morgan fingerprint density at radius 3 is 0.375 bits per heavy atom. The number of aromatic nitrogens is 10. The van der Waals surface area contributed by atoms with E-state index in [2.05, 4.69) is 528 Å². The molecule has 120 heavy (non-hydrogen) atoms. The van der Waals surface area contributed by atoms with Gasteiger partial charge in [0, 0.05) is 233 Å². The Bertz CT molecular complexity index is 5400. The largest absolute Gasteiger partial charge is 0.211 e. The maximum absolute atomic E-state index is 3.67. The summed E-state index contributed by atoms with van der Waals surface area (Å²) in [4.78, 5) is 0. The minimum atomic E-state index is 0.703. The molecule has 0 radical (unpaired) electrons. The van der Waals surface area contributed by atoms with Crippen molar-refractivity contribution in [3.63, 3.8) is 0 Å². The van der Waals surface area contributed by atoms with Crippen molar-refractivity contribution in [3.8, 4) is 67.0 Å². The molecule has 16 aromatic rings. The van der Waals surface area contributed by atoms with Gasteiger partial charge in [-0.3, -0.25) is 0 Å². The highest BCUT2D eigenvalue weighted by molar-refractivity contribution is 9.09. The van der Waals surface area contributed by atoms with Gasteiger partial charge in [-0.2, -0.15) is 9.13 Å². The van der Waals surface area contributed by atoms with Crippen molar-refractivity contribution in [2.45, 2.75) is 95.0 Å². The van der Waals surface area contributed by atoms with E-state index < -0.39 is 0 Å². The van der Waals surface area contributed by atoms with E-state index in [0.29, 0.717) is 26.2 Å². The van der Waals surface area contributed by atoms with Gasteiger partial charge in [0.25, 0.3) is 0 Å². The molecule has 10 nitrogen and oxygen atoms in total. The van der Waals surface area contributed by atoms with E-state index in [1.807, 2.05) is 0 Å². The zero-order valence-electron chi connectivity index (χ0n) is 66.3. The van der Waals surface area contributed by atoms with Gasteiger partial charge in [0.05, 0.1) is 0 Å². The molecule has 18 heteroatoms. The summed E-state index contributed by atoms with van der Waals surface area (Å²) in [6, 6.07) is 85.9. The van der Waals surface area contributed by atoms with Crippen molar-refractivity contribution in [3.05, 3.63) is 443 Å². The van der Waals surface area contributed by atoms with Gasteiger partial charge < -0.3 is 0 Å². The smallest absolute Gasteiger partial charge is 0.201 e. The highest BCUT2D eigenvalue weighted by Crippen LogP contribution is 2.27. The highest BCUT2D eigenvalue weighted by Gasteiger charge is 2.22. The lowest BCUT2D eigenvalue weighted by molar-refractivity contribution is -0.689. The maximum atomic E-state index is 3.67. The van der Waals surface area contributed by atoms with Gasteiger partial charge in [-0.05, 0) is 161 Å². The van der Waals surface area contributed by atoms with Crippen LogP contribution in [0.2, 0.25) is 0 Å². The molecule has 0 N–H and O–H groups in total. The van der Waals surface area contributed by atoms with Crippen LogP contribution in [-0.2, 0) is 95.0 Å². The first-order valence-electron chi connectivity index (χ1n) is 40.0. The number of halogens is 8. The number of hydrogen-bond donors (Lipinski definition) is 0. The van der Waals surface area contributed by atoms with Crippen molar-refractivity contribution in [1.29, 1.82) is 0 Å². The third-order valence-corrected chi connectivity index (χ3v) is 26.9. The van der Waals surface area contributed by atoms with Crippen LogP contribution in [0.15, 0.2) is 354 Å². The summed E-state index contributed by atoms with van der Waals surface area (Å²) in [5.41, 5.74) is 34.2. The standard InChI is InChI=1S/C102H90Br8N10/c103-59-75-41-76(60-104)46-83(45-75)67-111-21-1-91(2-22-111)95-9-29-115(30-10-95)71-87-53-88(72-116-31-11-96(12-32-116)92-3-23-112(24-4-92)68-84-47-77(61-105)42-78(48-84)62-106)56-101(55-87)119-37-17-99(18-38-119)100-19-39-120(40-20-100)102-57-89(73-117-33-13-97(14-34-117)93-5-25-113(26-6-93)69-85-49-79(63-107)43-80(50-85)64-108)54-90(58-102)74-118-35-15-98(16-36-118)94-7-27-114(28-8-94)70-86-51-81(65-109)44-82(52-86)66-110/h1-58H,59-74H2/q+10. The number of nitrogens with zero attached hydrogens (tertiary/aromatic N) is 10. The molecule has 0 spiro atoms. The summed E-state index contributed by atoms with van der Waals surface area (Å²) in [6.45, 7) is 6.05. The third kappa shape index (κ3) is 22.1. The van der Waals surface area contributed by atoms with Crippen LogP contribution >= 0.6 is 127 Å². The van der Waals surface area contributed by atoms with Crippen LogP contribution in [0, 0.1) is 0 Å². The van der Waals surface area contributed by atoms with Crippen molar-refractivity contribution in [2.24, 2.45) is 0 Å². The molecular weight excluding hydrogens is 2000 g/mol. The van der Waals surface area contributed by atoms with Gasteiger partial charge >= 0.3 is 0 Å². The second-order valence-electron chi connectivity index (χ2n) is 30.8. The average Bonchev–Trinajstić information content (AvgIpc) is 0.800. The van der Waals surface area contributed by atoms with E-state index in [0.717, 1.165) is 91.3 Å². The molecule has 0 saturated heterocycles. The van der Waals surface area contributed by atoms with E-state index in [9.17, 15) is 0 Å². The Hall–Kier alpha value is -9.34. The number of hydrogen-bond acceptors (Lipinski definition) is 0. The van der Waals surface area contributed by atoms with Gasteiger partial charge in [0.15, 0.2) is 176 Å². The zero-order chi connectivity index (χ0) is 82.3. The number of pyridine rings is 10. The number of rotatable bonds is 31. The van der Waals surface area contributed by atoms with Crippen molar-refractivity contribution < 1.29 is 45.7 Å². The molecule has 0 aliphatic carbocycles. The predicted molar refractivity (Wildman–Crippen MR) is 504 cm³/mol. The fourth-order valence-electron chi connectivity index (χ4n) is 15.8. The van der Waals surface area contributed by atoms with E-state index in [1.54, 1.807) is 0 Å². The van der Waals surface area contributed by atoms with Crippen LogP contribution < -0.4 is 45.7 Å². The van der Waals surface area contributed by atoms with Gasteiger partial charge in [-0.15, -0.1) is 0 Å². The fraction of sp³-hybridized carbons (Fsp3) is 0.157. The topological polar surface area (TPSA) is 38.8 Å². The number of alkyl halides is 8. The summed E-state index contributed by atoms with van der Waals surface area (Å²) in [6.07, 6.45) is 43.9. The molecule has 0 aliphatic rings. The van der Waals surface area contributed by atoms with Crippen LogP contribution in [0.1, 0.15) is 89.0 Å². The number of benzene rings is 6. The average molecular weight is 2100 g/mol. The lowest BCUT2D eigenvalue weighted by atomic mass is 10.1.